The third kappa shape index (κ3) is 1.55. The molecule has 0 radical (unpaired) electrons. The molecule has 0 saturated carbocycles. The Labute approximate surface area is 86.9 Å². The zero-order chi connectivity index (χ0) is 10.1. The van der Waals surface area contributed by atoms with Gasteiger partial charge in [0.05, 0.1) is 13.0 Å². The molecule has 0 amide bonds. The van der Waals surface area contributed by atoms with Crippen LogP contribution in [0, 0.1) is 5.92 Å². The molecule has 76 valence electrons. The largest absolute Gasteiger partial charge is 0.469 e. The standard InChI is InChI=1S/C10H13NO2S/c1-13-10(12)7-4-6-2-3-14-9(6)8(11)5-7/h2-3,7-8H,4-5,11H2,1H3. The Morgan fingerprint density at radius 2 is 2.50 bits per heavy atom. The lowest BCUT2D eigenvalue weighted by Gasteiger charge is -2.24. The van der Waals surface area contributed by atoms with Gasteiger partial charge in [-0.2, -0.15) is 0 Å². The number of carbonyl (C=O) groups excluding carboxylic acids is 1. The van der Waals surface area contributed by atoms with Crippen molar-refractivity contribution in [2.24, 2.45) is 11.7 Å². The van der Waals surface area contributed by atoms with Gasteiger partial charge in [-0.1, -0.05) is 0 Å². The fraction of sp³-hybridized carbons (Fsp3) is 0.500. The maximum absolute atomic E-state index is 11.4. The molecule has 1 aromatic rings. The van der Waals surface area contributed by atoms with Gasteiger partial charge >= 0.3 is 5.97 Å². The van der Waals surface area contributed by atoms with Gasteiger partial charge in [-0.15, -0.1) is 11.3 Å². The highest BCUT2D eigenvalue weighted by molar-refractivity contribution is 7.10. The van der Waals surface area contributed by atoms with Crippen molar-refractivity contribution in [2.45, 2.75) is 18.9 Å². The zero-order valence-corrected chi connectivity index (χ0v) is 8.84. The number of esters is 1. The fourth-order valence-electron chi connectivity index (χ4n) is 1.95. The van der Waals surface area contributed by atoms with Gasteiger partial charge in [0.15, 0.2) is 0 Å². The molecule has 2 N–H and O–H groups in total. The van der Waals surface area contributed by atoms with Crippen LogP contribution < -0.4 is 5.73 Å². The molecule has 0 fully saturated rings. The molecule has 2 unspecified atom stereocenters. The van der Waals surface area contributed by atoms with Crippen LogP contribution in [0.5, 0.6) is 0 Å². The average Bonchev–Trinajstić information content (AvgIpc) is 2.64. The van der Waals surface area contributed by atoms with E-state index < -0.39 is 0 Å². The van der Waals surface area contributed by atoms with E-state index in [1.807, 2.05) is 5.38 Å². The molecule has 0 saturated heterocycles. The lowest BCUT2D eigenvalue weighted by atomic mass is 9.86. The summed E-state index contributed by atoms with van der Waals surface area (Å²) in [6.45, 7) is 0. The molecule has 1 aliphatic rings. The third-order valence-electron chi connectivity index (χ3n) is 2.66. The van der Waals surface area contributed by atoms with Crippen molar-refractivity contribution in [2.75, 3.05) is 7.11 Å². The molecule has 0 aromatic carbocycles. The van der Waals surface area contributed by atoms with E-state index in [0.29, 0.717) is 6.42 Å². The van der Waals surface area contributed by atoms with Crippen LogP contribution in [0.15, 0.2) is 11.4 Å². The van der Waals surface area contributed by atoms with Gasteiger partial charge < -0.3 is 10.5 Å². The Morgan fingerprint density at radius 3 is 3.21 bits per heavy atom. The molecule has 2 rings (SSSR count). The molecule has 0 spiro atoms. The van der Waals surface area contributed by atoms with Gasteiger partial charge in [-0.3, -0.25) is 4.79 Å². The van der Waals surface area contributed by atoms with E-state index in [9.17, 15) is 4.79 Å². The second-order valence-electron chi connectivity index (χ2n) is 3.58. The van der Waals surface area contributed by atoms with E-state index in [2.05, 4.69) is 6.07 Å². The van der Waals surface area contributed by atoms with Gasteiger partial charge in [0.25, 0.3) is 0 Å². The SMILES string of the molecule is COC(=O)C1Cc2ccsc2C(N)C1. The minimum Gasteiger partial charge on any atom is -0.469 e. The molecule has 1 aliphatic carbocycles. The summed E-state index contributed by atoms with van der Waals surface area (Å²) in [5, 5.41) is 2.03. The highest BCUT2D eigenvalue weighted by atomic mass is 32.1. The average molecular weight is 211 g/mol. The Morgan fingerprint density at radius 1 is 1.71 bits per heavy atom. The quantitative estimate of drug-likeness (QED) is 0.716. The van der Waals surface area contributed by atoms with Gasteiger partial charge in [-0.25, -0.2) is 0 Å². The van der Waals surface area contributed by atoms with Crippen molar-refractivity contribution in [1.29, 1.82) is 0 Å². The molecule has 14 heavy (non-hydrogen) atoms. The fourth-order valence-corrected chi connectivity index (χ4v) is 2.90. The van der Waals surface area contributed by atoms with Crippen LogP contribution in [0.1, 0.15) is 22.9 Å². The van der Waals surface area contributed by atoms with Crippen molar-refractivity contribution in [3.63, 3.8) is 0 Å². The molecule has 0 bridgehead atoms. The Balaban J connectivity index is 2.21. The lowest BCUT2D eigenvalue weighted by Crippen LogP contribution is -2.28. The molecule has 0 aliphatic heterocycles. The second-order valence-corrected chi connectivity index (χ2v) is 4.52. The summed E-state index contributed by atoms with van der Waals surface area (Å²) in [5.74, 6) is -0.200. The van der Waals surface area contributed by atoms with Crippen LogP contribution in [0.2, 0.25) is 0 Å². The van der Waals surface area contributed by atoms with Crippen LogP contribution >= 0.6 is 11.3 Å². The monoisotopic (exact) mass is 211 g/mol. The van der Waals surface area contributed by atoms with Crippen LogP contribution in [0.3, 0.4) is 0 Å². The first kappa shape index (κ1) is 9.68. The van der Waals surface area contributed by atoms with E-state index in [0.717, 1.165) is 6.42 Å². The van der Waals surface area contributed by atoms with Crippen molar-refractivity contribution in [1.82, 2.24) is 0 Å². The summed E-state index contributed by atoms with van der Waals surface area (Å²) in [6, 6.07) is 2.05. The number of fused-ring (bicyclic) bond motifs is 1. The Hall–Kier alpha value is -0.870. The van der Waals surface area contributed by atoms with Crippen molar-refractivity contribution in [3.8, 4) is 0 Å². The summed E-state index contributed by atoms with van der Waals surface area (Å²) in [5.41, 5.74) is 7.19. The van der Waals surface area contributed by atoms with Gasteiger partial charge in [0.2, 0.25) is 0 Å². The number of methoxy groups -OCH3 is 1. The summed E-state index contributed by atoms with van der Waals surface area (Å²) < 4.78 is 4.74. The third-order valence-corrected chi connectivity index (χ3v) is 3.75. The number of hydrogen-bond acceptors (Lipinski definition) is 4. The van der Waals surface area contributed by atoms with Crippen molar-refractivity contribution < 1.29 is 9.53 Å². The summed E-state index contributed by atoms with van der Waals surface area (Å²) in [4.78, 5) is 12.6. The molecule has 1 heterocycles. The number of rotatable bonds is 1. The van der Waals surface area contributed by atoms with E-state index >= 15 is 0 Å². The number of carbonyl (C=O) groups is 1. The maximum Gasteiger partial charge on any atom is 0.309 e. The Bertz CT molecular complexity index is 348. The van der Waals surface area contributed by atoms with Crippen LogP contribution in [0.25, 0.3) is 0 Å². The molecule has 1 aromatic heterocycles. The predicted octanol–water partition coefficient (Wildman–Crippen LogP) is 1.48. The van der Waals surface area contributed by atoms with E-state index in [1.165, 1.54) is 17.6 Å². The van der Waals surface area contributed by atoms with Crippen LogP contribution in [-0.4, -0.2) is 13.1 Å². The second kappa shape index (κ2) is 3.71. The summed E-state index contributed by atoms with van der Waals surface area (Å²) >= 11 is 1.68. The predicted molar refractivity (Wildman–Crippen MR) is 55.1 cm³/mol. The van der Waals surface area contributed by atoms with Gasteiger partial charge in [-0.05, 0) is 29.9 Å². The first-order valence-corrected chi connectivity index (χ1v) is 5.50. The number of ether oxygens (including phenoxy) is 1. The molecular weight excluding hydrogens is 198 g/mol. The normalized spacial score (nSPS) is 25.6. The van der Waals surface area contributed by atoms with E-state index in [-0.39, 0.29) is 17.9 Å². The molecule has 4 heteroatoms. The first-order valence-electron chi connectivity index (χ1n) is 4.62. The van der Waals surface area contributed by atoms with E-state index in [1.54, 1.807) is 11.3 Å². The van der Waals surface area contributed by atoms with Gasteiger partial charge in [0, 0.05) is 10.9 Å². The van der Waals surface area contributed by atoms with Crippen molar-refractivity contribution in [3.05, 3.63) is 21.9 Å². The lowest BCUT2D eigenvalue weighted by molar-refractivity contribution is -0.146. The van der Waals surface area contributed by atoms with Crippen LogP contribution in [0.4, 0.5) is 0 Å². The highest BCUT2D eigenvalue weighted by Crippen LogP contribution is 2.35. The van der Waals surface area contributed by atoms with E-state index in [4.69, 9.17) is 10.5 Å². The number of nitrogens with two attached hydrogens (primary N) is 1. The maximum atomic E-state index is 11.4. The smallest absolute Gasteiger partial charge is 0.309 e. The number of hydrogen-bond donors (Lipinski definition) is 1. The highest BCUT2D eigenvalue weighted by Gasteiger charge is 2.30. The van der Waals surface area contributed by atoms with Crippen molar-refractivity contribution >= 4 is 17.3 Å². The molecule has 2 atom stereocenters. The molecule has 3 nitrogen and oxygen atoms in total. The summed E-state index contributed by atoms with van der Waals surface area (Å²) in [6.07, 6.45) is 1.49. The first-order chi connectivity index (χ1) is 6.72. The minimum atomic E-state index is -0.141. The minimum absolute atomic E-state index is 0.00264. The Kier molecular flexibility index (Phi) is 2.56. The summed E-state index contributed by atoms with van der Waals surface area (Å²) in [7, 11) is 1.43. The van der Waals surface area contributed by atoms with Gasteiger partial charge in [0.1, 0.15) is 0 Å². The van der Waals surface area contributed by atoms with Crippen LogP contribution in [-0.2, 0) is 16.0 Å². The molecular formula is C10H13NO2S. The number of thiophene rings is 1. The topological polar surface area (TPSA) is 52.3 Å². The zero-order valence-electron chi connectivity index (χ0n) is 8.03.